The number of thiazole rings is 1. The van der Waals surface area contributed by atoms with E-state index >= 15 is 0 Å². The Morgan fingerprint density at radius 2 is 1.97 bits per heavy atom. The molecule has 0 aliphatic heterocycles. The third kappa shape index (κ3) is 4.11. The van der Waals surface area contributed by atoms with Gasteiger partial charge >= 0.3 is 0 Å². The summed E-state index contributed by atoms with van der Waals surface area (Å²) in [6, 6.07) is 11.2. The monoisotopic (exact) mass is 478 g/mol. The van der Waals surface area contributed by atoms with E-state index in [2.05, 4.69) is 18.2 Å². The number of nitrogens with zero attached hydrogens (tertiary/aromatic N) is 1. The largest absolute Gasteiger partial charge is 0.289 e. The van der Waals surface area contributed by atoms with Gasteiger partial charge in [-0.3, -0.25) is 10.0 Å². The summed E-state index contributed by atoms with van der Waals surface area (Å²) in [5, 5.41) is 10.7. The predicted octanol–water partition coefficient (Wildman–Crippen LogP) is 5.56. The van der Waals surface area contributed by atoms with Crippen molar-refractivity contribution in [2.75, 3.05) is 0 Å². The highest BCUT2D eigenvalue weighted by Gasteiger charge is 2.48. The first-order valence-corrected chi connectivity index (χ1v) is 10.9. The van der Waals surface area contributed by atoms with Gasteiger partial charge in [0.2, 0.25) is 0 Å². The summed E-state index contributed by atoms with van der Waals surface area (Å²) in [7, 11) is 0. The van der Waals surface area contributed by atoms with Crippen LogP contribution < -0.4 is 5.48 Å². The Hall–Kier alpha value is -1.61. The van der Waals surface area contributed by atoms with E-state index in [-0.39, 0.29) is 38.7 Å². The molecule has 0 saturated heterocycles. The SMILES string of the molecule is Cc1c(F)cccc1[C@]1(C(=O)NO)CC[C@H](c2ccc3nc(C4CC4)sc3c2)C1.S.S. The number of rotatable bonds is 4. The van der Waals surface area contributed by atoms with E-state index in [0.717, 1.165) is 11.9 Å². The lowest BCUT2D eigenvalue weighted by atomic mass is 9.75. The van der Waals surface area contributed by atoms with Gasteiger partial charge in [0.1, 0.15) is 5.82 Å². The van der Waals surface area contributed by atoms with E-state index in [1.54, 1.807) is 24.3 Å². The summed E-state index contributed by atoms with van der Waals surface area (Å²) in [5.41, 5.74) is 4.29. The van der Waals surface area contributed by atoms with Crippen molar-refractivity contribution in [3.05, 3.63) is 63.9 Å². The molecular formula is C23H27FN2O2S3. The van der Waals surface area contributed by atoms with E-state index in [4.69, 9.17) is 4.98 Å². The first-order valence-electron chi connectivity index (χ1n) is 10.1. The van der Waals surface area contributed by atoms with E-state index in [1.807, 2.05) is 11.5 Å². The molecule has 4 nitrogen and oxygen atoms in total. The molecular weight excluding hydrogens is 451 g/mol. The van der Waals surface area contributed by atoms with Gasteiger partial charge < -0.3 is 0 Å². The lowest BCUT2D eigenvalue weighted by Gasteiger charge is -2.29. The molecule has 166 valence electrons. The normalized spacial score (nSPS) is 22.6. The van der Waals surface area contributed by atoms with Crippen molar-refractivity contribution in [3.63, 3.8) is 0 Å². The van der Waals surface area contributed by atoms with Crippen LogP contribution in [0.25, 0.3) is 10.2 Å². The molecule has 2 saturated carbocycles. The van der Waals surface area contributed by atoms with Crippen molar-refractivity contribution in [2.24, 2.45) is 0 Å². The molecule has 2 N–H and O–H groups in total. The quantitative estimate of drug-likeness (QED) is 0.381. The molecule has 1 aromatic heterocycles. The number of nitrogens with one attached hydrogen (secondary N) is 1. The van der Waals surface area contributed by atoms with Gasteiger partial charge in [-0.2, -0.15) is 27.0 Å². The number of aromatic nitrogens is 1. The summed E-state index contributed by atoms with van der Waals surface area (Å²) in [4.78, 5) is 17.5. The maximum absolute atomic E-state index is 14.2. The predicted molar refractivity (Wildman–Crippen MR) is 132 cm³/mol. The average Bonchev–Trinajstić information content (AvgIpc) is 3.34. The molecule has 0 unspecified atom stereocenters. The van der Waals surface area contributed by atoms with Crippen LogP contribution in [0.2, 0.25) is 0 Å². The number of halogens is 1. The van der Waals surface area contributed by atoms with Crippen LogP contribution in [0.1, 0.15) is 65.6 Å². The average molecular weight is 479 g/mol. The molecule has 2 aromatic carbocycles. The molecule has 1 amide bonds. The fourth-order valence-corrected chi connectivity index (χ4v) is 6.04. The van der Waals surface area contributed by atoms with Crippen LogP contribution in [0.5, 0.6) is 0 Å². The number of hydroxylamine groups is 1. The lowest BCUT2D eigenvalue weighted by molar-refractivity contribution is -0.135. The maximum Gasteiger partial charge on any atom is 0.254 e. The number of carbonyl (C=O) groups is 1. The molecule has 0 radical (unpaired) electrons. The number of hydrogen-bond acceptors (Lipinski definition) is 4. The van der Waals surface area contributed by atoms with Gasteiger partial charge in [0.05, 0.1) is 20.6 Å². The zero-order valence-corrected chi connectivity index (χ0v) is 20.1. The molecule has 2 fully saturated rings. The highest BCUT2D eigenvalue weighted by molar-refractivity contribution is 7.59. The number of amides is 1. The second-order valence-electron chi connectivity index (χ2n) is 8.43. The Labute approximate surface area is 199 Å². The number of carbonyl (C=O) groups excluding carboxylic acids is 1. The second-order valence-corrected chi connectivity index (χ2v) is 9.49. The summed E-state index contributed by atoms with van der Waals surface area (Å²) >= 11 is 1.77. The molecule has 5 rings (SSSR count). The molecule has 0 spiro atoms. The number of benzene rings is 2. The fourth-order valence-electron chi connectivity index (χ4n) is 4.85. The minimum absolute atomic E-state index is 0. The zero-order valence-electron chi connectivity index (χ0n) is 17.2. The topological polar surface area (TPSA) is 62.2 Å². The van der Waals surface area contributed by atoms with Gasteiger partial charge in [-0.05, 0) is 79.8 Å². The molecule has 8 heteroatoms. The van der Waals surface area contributed by atoms with Crippen molar-refractivity contribution in [2.45, 2.75) is 56.3 Å². The molecule has 2 aliphatic carbocycles. The molecule has 2 atom stereocenters. The van der Waals surface area contributed by atoms with Crippen LogP contribution in [-0.2, 0) is 10.2 Å². The van der Waals surface area contributed by atoms with Gasteiger partial charge in [0.25, 0.3) is 5.91 Å². The van der Waals surface area contributed by atoms with Crippen LogP contribution in [-0.4, -0.2) is 16.1 Å². The van der Waals surface area contributed by atoms with Crippen molar-refractivity contribution in [1.82, 2.24) is 10.5 Å². The van der Waals surface area contributed by atoms with Gasteiger partial charge in [-0.25, -0.2) is 14.9 Å². The Kier molecular flexibility index (Phi) is 7.05. The lowest BCUT2D eigenvalue weighted by Crippen LogP contribution is -2.42. The Bertz CT molecular complexity index is 1120. The van der Waals surface area contributed by atoms with E-state index < -0.39 is 11.3 Å². The standard InChI is InChI=1S/C23H23FN2O2S.2H2S/c1-13-17(3-2-4-18(13)24)23(22(27)26-28)10-9-16(12-23)15-7-8-19-20(11-15)29-21(25-19)14-5-6-14;;/h2-4,7-8,11,14,16,28H,5-6,9-10,12H2,1H3,(H,26,27);2*1H2/t16-,23-;;/m0../s1. The summed E-state index contributed by atoms with van der Waals surface area (Å²) in [6.45, 7) is 1.70. The van der Waals surface area contributed by atoms with Gasteiger partial charge in [-0.15, -0.1) is 11.3 Å². The summed E-state index contributed by atoms with van der Waals surface area (Å²) in [6.07, 6.45) is 4.40. The second kappa shape index (κ2) is 9.10. The van der Waals surface area contributed by atoms with Crippen LogP contribution >= 0.6 is 38.3 Å². The third-order valence-electron chi connectivity index (χ3n) is 6.66. The van der Waals surface area contributed by atoms with Crippen LogP contribution in [0.3, 0.4) is 0 Å². The smallest absolute Gasteiger partial charge is 0.254 e. The molecule has 31 heavy (non-hydrogen) atoms. The Morgan fingerprint density at radius 3 is 2.68 bits per heavy atom. The van der Waals surface area contributed by atoms with Crippen molar-refractivity contribution < 1.29 is 14.4 Å². The first-order chi connectivity index (χ1) is 14.0. The zero-order chi connectivity index (χ0) is 20.2. The van der Waals surface area contributed by atoms with Crippen molar-refractivity contribution >= 4 is 54.5 Å². The summed E-state index contributed by atoms with van der Waals surface area (Å²) < 4.78 is 15.4. The summed E-state index contributed by atoms with van der Waals surface area (Å²) in [5.74, 6) is 0.0309. The highest BCUT2D eigenvalue weighted by atomic mass is 32.1. The van der Waals surface area contributed by atoms with Gasteiger partial charge in [0, 0.05) is 5.92 Å². The molecule has 0 bridgehead atoms. The minimum atomic E-state index is -0.923. The molecule has 1 heterocycles. The van der Waals surface area contributed by atoms with Gasteiger partial charge in [-0.1, -0.05) is 18.2 Å². The van der Waals surface area contributed by atoms with E-state index in [0.29, 0.717) is 29.9 Å². The van der Waals surface area contributed by atoms with Crippen LogP contribution in [0.4, 0.5) is 4.39 Å². The maximum atomic E-state index is 14.2. The minimum Gasteiger partial charge on any atom is -0.289 e. The van der Waals surface area contributed by atoms with E-state index in [9.17, 15) is 14.4 Å². The third-order valence-corrected chi connectivity index (χ3v) is 7.84. The van der Waals surface area contributed by atoms with Crippen LogP contribution in [0.15, 0.2) is 36.4 Å². The number of hydrogen-bond donors (Lipinski definition) is 2. The molecule has 2 aliphatic rings. The highest BCUT2D eigenvalue weighted by Crippen LogP contribution is 2.50. The Balaban J connectivity index is 0.00000136. The van der Waals surface area contributed by atoms with Crippen molar-refractivity contribution in [1.29, 1.82) is 0 Å². The van der Waals surface area contributed by atoms with Crippen molar-refractivity contribution in [3.8, 4) is 0 Å². The van der Waals surface area contributed by atoms with E-state index in [1.165, 1.54) is 34.2 Å². The number of fused-ring (bicyclic) bond motifs is 1. The van der Waals surface area contributed by atoms with Gasteiger partial charge in [0.15, 0.2) is 0 Å². The Morgan fingerprint density at radius 1 is 1.19 bits per heavy atom. The molecule has 3 aromatic rings. The fraction of sp³-hybridized carbons (Fsp3) is 0.391. The van der Waals surface area contributed by atoms with Crippen LogP contribution in [0, 0.1) is 12.7 Å². The first kappa shape index (κ1) is 24.0.